The van der Waals surface area contributed by atoms with Gasteiger partial charge in [0.15, 0.2) is 35.7 Å². The molecule has 6 rings (SSSR count). The number of rotatable bonds is 2. The van der Waals surface area contributed by atoms with Gasteiger partial charge in [-0.2, -0.15) is 4.57 Å². The van der Waals surface area contributed by atoms with Crippen LogP contribution in [0.4, 0.5) is 0 Å². The molecule has 0 bridgehead atoms. The van der Waals surface area contributed by atoms with Gasteiger partial charge >= 0.3 is 0 Å². The van der Waals surface area contributed by atoms with Gasteiger partial charge < -0.3 is 35.9 Å². The summed E-state index contributed by atoms with van der Waals surface area (Å²) < 4.78 is 24.9. The molecule has 0 spiro atoms. The molecule has 3 heterocycles. The molecule has 1 aromatic heterocycles. The van der Waals surface area contributed by atoms with Gasteiger partial charge in [-0.05, 0) is 35.9 Å². The average molecular weight is 440 g/mol. The summed E-state index contributed by atoms with van der Waals surface area (Å²) in [5, 5.41) is 5.82. The molecule has 5 nitrogen and oxygen atoms in total. The van der Waals surface area contributed by atoms with Crippen LogP contribution in [0.1, 0.15) is 5.56 Å². The Morgan fingerprint density at radius 3 is 2.57 bits per heavy atom. The number of benzene rings is 3. The van der Waals surface area contributed by atoms with Crippen LogP contribution in [-0.4, -0.2) is 21.0 Å². The lowest BCUT2D eigenvalue weighted by Crippen LogP contribution is -3.00. The third-order valence-electron chi connectivity index (χ3n) is 5.76. The van der Waals surface area contributed by atoms with Crippen molar-refractivity contribution in [2.45, 2.75) is 13.0 Å². The fourth-order valence-corrected chi connectivity index (χ4v) is 4.61. The van der Waals surface area contributed by atoms with E-state index in [0.29, 0.717) is 6.79 Å². The van der Waals surface area contributed by atoms with Crippen LogP contribution in [0.2, 0.25) is 0 Å². The maximum atomic E-state index is 5.77. The number of halogens is 1. The van der Waals surface area contributed by atoms with Gasteiger partial charge in [-0.15, -0.1) is 0 Å². The molecule has 0 fully saturated rings. The van der Waals surface area contributed by atoms with Crippen molar-refractivity contribution in [3.63, 3.8) is 0 Å². The average Bonchev–Trinajstić information content (AvgIpc) is 3.18. The number of aromatic nitrogens is 1. The van der Waals surface area contributed by atoms with Gasteiger partial charge in [0.2, 0.25) is 12.3 Å². The van der Waals surface area contributed by atoms with Gasteiger partial charge in [0.1, 0.15) is 0 Å². The zero-order valence-corrected chi connectivity index (χ0v) is 17.1. The molecule has 0 saturated heterocycles. The number of methoxy groups -OCH3 is 2. The molecule has 0 aliphatic carbocycles. The van der Waals surface area contributed by atoms with Crippen LogP contribution >= 0.6 is 0 Å². The highest BCUT2D eigenvalue weighted by atomic mass is 79.9. The summed E-state index contributed by atoms with van der Waals surface area (Å²) >= 11 is 0. The van der Waals surface area contributed by atoms with Crippen molar-refractivity contribution in [1.82, 2.24) is 0 Å². The molecular formula is C22H18BrNO4. The quantitative estimate of drug-likeness (QED) is 0.341. The van der Waals surface area contributed by atoms with Crippen molar-refractivity contribution < 1.29 is 40.5 Å². The van der Waals surface area contributed by atoms with E-state index in [1.54, 1.807) is 14.2 Å². The molecule has 0 N–H and O–H groups in total. The summed E-state index contributed by atoms with van der Waals surface area (Å²) in [4.78, 5) is 0. The first-order valence-electron chi connectivity index (χ1n) is 9.05. The third-order valence-corrected chi connectivity index (χ3v) is 5.76. The highest BCUT2D eigenvalue weighted by Gasteiger charge is 2.29. The SMILES string of the molecule is COc1ccc2c(c[n+]3c4c2ccc2c5c(cc(c24)CC3)OCO5)c1OC.[Br-]. The largest absolute Gasteiger partial charge is 1.00 e. The summed E-state index contributed by atoms with van der Waals surface area (Å²) in [6.45, 7) is 1.21. The van der Waals surface area contributed by atoms with E-state index in [2.05, 4.69) is 35.0 Å². The second-order valence-electron chi connectivity index (χ2n) is 6.99. The fraction of sp³-hybridized carbons (Fsp3) is 0.227. The zero-order chi connectivity index (χ0) is 18.1. The van der Waals surface area contributed by atoms with Crippen molar-refractivity contribution >= 4 is 32.4 Å². The number of nitrogens with zero attached hydrogens (tertiary/aromatic N) is 1. The minimum atomic E-state index is 0. The van der Waals surface area contributed by atoms with E-state index in [9.17, 15) is 0 Å². The van der Waals surface area contributed by atoms with Crippen LogP contribution in [0, 0.1) is 0 Å². The third kappa shape index (κ3) is 2.09. The lowest BCUT2D eigenvalue weighted by atomic mass is 9.93. The summed E-state index contributed by atoms with van der Waals surface area (Å²) in [5.41, 5.74) is 2.56. The zero-order valence-electron chi connectivity index (χ0n) is 15.5. The number of fused-ring (bicyclic) bond motifs is 4. The van der Waals surface area contributed by atoms with E-state index in [0.717, 1.165) is 52.1 Å². The highest BCUT2D eigenvalue weighted by Crippen LogP contribution is 2.46. The topological polar surface area (TPSA) is 40.8 Å². The standard InChI is InChI=1S/C22H18NO4.BrH/c1-24-17-6-5-13-14-3-4-15-19-12(9-18-22(15)27-11-26-18)7-8-23(20(14)19)10-16(13)21(17)25-2;/h3-6,9-10H,7-8,11H2,1-2H3;1H/q+1;/p-1. The number of aryl methyl sites for hydroxylation is 2. The molecule has 0 atom stereocenters. The number of pyridine rings is 1. The Bertz CT molecular complexity index is 1280. The van der Waals surface area contributed by atoms with Crippen molar-refractivity contribution in [3.05, 3.63) is 42.1 Å². The first-order valence-corrected chi connectivity index (χ1v) is 9.05. The monoisotopic (exact) mass is 439 g/mol. The molecule has 4 aromatic rings. The molecule has 2 aliphatic heterocycles. The molecule has 3 aromatic carbocycles. The van der Waals surface area contributed by atoms with E-state index in [4.69, 9.17) is 18.9 Å². The van der Waals surface area contributed by atoms with Crippen LogP contribution in [0.25, 0.3) is 32.4 Å². The summed E-state index contributed by atoms with van der Waals surface area (Å²) in [6.07, 6.45) is 3.15. The van der Waals surface area contributed by atoms with Crippen LogP contribution < -0.4 is 40.5 Å². The van der Waals surface area contributed by atoms with Crippen LogP contribution in [-0.2, 0) is 13.0 Å². The molecule has 0 unspecified atom stereocenters. The predicted molar refractivity (Wildman–Crippen MR) is 102 cm³/mol. The molecule has 28 heavy (non-hydrogen) atoms. The Kier molecular flexibility index (Phi) is 3.81. The van der Waals surface area contributed by atoms with E-state index < -0.39 is 0 Å². The Morgan fingerprint density at radius 2 is 1.75 bits per heavy atom. The normalized spacial score (nSPS) is 13.9. The number of hydrogen-bond donors (Lipinski definition) is 0. The molecular weight excluding hydrogens is 422 g/mol. The number of ether oxygens (including phenoxy) is 4. The van der Waals surface area contributed by atoms with Gasteiger partial charge in [-0.1, -0.05) is 0 Å². The van der Waals surface area contributed by atoms with Crippen molar-refractivity contribution in [1.29, 1.82) is 0 Å². The lowest BCUT2D eigenvalue weighted by Gasteiger charge is -2.17. The highest BCUT2D eigenvalue weighted by molar-refractivity contribution is 6.17. The van der Waals surface area contributed by atoms with Crippen molar-refractivity contribution in [2.24, 2.45) is 0 Å². The minimum absolute atomic E-state index is 0. The fourth-order valence-electron chi connectivity index (χ4n) is 4.61. The predicted octanol–water partition coefficient (Wildman–Crippen LogP) is 0.740. The van der Waals surface area contributed by atoms with Crippen molar-refractivity contribution in [2.75, 3.05) is 21.0 Å². The van der Waals surface area contributed by atoms with Crippen LogP contribution in [0.3, 0.4) is 0 Å². The Morgan fingerprint density at radius 1 is 0.929 bits per heavy atom. The second-order valence-corrected chi connectivity index (χ2v) is 6.99. The molecule has 142 valence electrons. The molecule has 0 amide bonds. The van der Waals surface area contributed by atoms with E-state index in [1.165, 1.54) is 21.9 Å². The second kappa shape index (κ2) is 6.14. The van der Waals surface area contributed by atoms with Gasteiger partial charge in [-0.3, -0.25) is 0 Å². The van der Waals surface area contributed by atoms with Gasteiger partial charge in [0.05, 0.1) is 30.4 Å². The Hall–Kier alpha value is -2.73. The molecule has 0 saturated carbocycles. The maximum Gasteiger partial charge on any atom is 0.231 e. The lowest BCUT2D eigenvalue weighted by molar-refractivity contribution is -0.670. The maximum absolute atomic E-state index is 5.77. The van der Waals surface area contributed by atoms with Crippen molar-refractivity contribution in [3.8, 4) is 23.0 Å². The van der Waals surface area contributed by atoms with Gasteiger partial charge in [0, 0.05) is 17.2 Å². The summed E-state index contributed by atoms with van der Waals surface area (Å²) in [6, 6.07) is 10.6. The summed E-state index contributed by atoms with van der Waals surface area (Å²) in [5.74, 6) is 3.24. The van der Waals surface area contributed by atoms with E-state index >= 15 is 0 Å². The molecule has 0 radical (unpaired) electrons. The molecule has 2 aliphatic rings. The minimum Gasteiger partial charge on any atom is -1.00 e. The van der Waals surface area contributed by atoms with E-state index in [1.807, 2.05) is 6.07 Å². The number of hydrogen-bond acceptors (Lipinski definition) is 4. The summed E-state index contributed by atoms with van der Waals surface area (Å²) in [7, 11) is 3.36. The molecule has 6 heteroatoms. The van der Waals surface area contributed by atoms with Gasteiger partial charge in [-0.25, -0.2) is 0 Å². The Labute approximate surface area is 172 Å². The van der Waals surface area contributed by atoms with Crippen LogP contribution in [0.15, 0.2) is 36.5 Å². The Balaban J connectivity index is 0.00000171. The van der Waals surface area contributed by atoms with E-state index in [-0.39, 0.29) is 17.0 Å². The van der Waals surface area contributed by atoms with Gasteiger partial charge in [0.25, 0.3) is 0 Å². The first-order chi connectivity index (χ1) is 13.3. The first kappa shape index (κ1) is 17.4. The van der Waals surface area contributed by atoms with Crippen LogP contribution in [0.5, 0.6) is 23.0 Å². The smallest absolute Gasteiger partial charge is 0.231 e.